The molecule has 0 aliphatic heterocycles. The van der Waals surface area contributed by atoms with Gasteiger partial charge in [-0.1, -0.05) is 37.8 Å². The van der Waals surface area contributed by atoms with Crippen LogP contribution in [0, 0.1) is 5.92 Å². The van der Waals surface area contributed by atoms with Gasteiger partial charge < -0.3 is 5.32 Å². The van der Waals surface area contributed by atoms with Crippen molar-refractivity contribution in [3.05, 3.63) is 30.1 Å². The number of nitrogens with zero attached hydrogens (tertiary/aromatic N) is 2. The zero-order valence-electron chi connectivity index (χ0n) is 11.9. The lowest BCUT2D eigenvalue weighted by Gasteiger charge is -2.13. The van der Waals surface area contributed by atoms with Crippen LogP contribution in [0.15, 0.2) is 24.3 Å². The van der Waals surface area contributed by atoms with Crippen molar-refractivity contribution in [2.24, 2.45) is 5.92 Å². The summed E-state index contributed by atoms with van der Waals surface area (Å²) in [6.07, 6.45) is 3.63. The Kier molecular flexibility index (Phi) is 4.27. The predicted molar refractivity (Wildman–Crippen MR) is 79.6 cm³/mol. The van der Waals surface area contributed by atoms with Crippen molar-refractivity contribution in [2.45, 2.75) is 38.5 Å². The Morgan fingerprint density at radius 2 is 1.90 bits per heavy atom. The molecule has 0 unspecified atom stereocenters. The van der Waals surface area contributed by atoms with Gasteiger partial charge in [0, 0.05) is 11.9 Å². The van der Waals surface area contributed by atoms with Gasteiger partial charge >= 0.3 is 0 Å². The molecule has 0 saturated heterocycles. The molecule has 1 fully saturated rings. The Bertz CT molecular complexity index is 609. The van der Waals surface area contributed by atoms with Crippen LogP contribution in [0.5, 0.6) is 0 Å². The van der Waals surface area contributed by atoms with Gasteiger partial charge in [-0.05, 0) is 24.5 Å². The molecule has 1 aromatic heterocycles. The van der Waals surface area contributed by atoms with Crippen molar-refractivity contribution in [3.8, 4) is 0 Å². The van der Waals surface area contributed by atoms with Crippen molar-refractivity contribution < 1.29 is 8.78 Å². The number of hydrogen-bond donors (Lipinski definition) is 1. The fourth-order valence-electron chi connectivity index (χ4n) is 3.02. The number of hydrogen-bond acceptors (Lipinski definition) is 3. The zero-order valence-corrected chi connectivity index (χ0v) is 11.9. The first kappa shape index (κ1) is 14.2. The number of aromatic nitrogens is 2. The SMILES string of the molecule is FC(F)c1nc(NCCC2CCCC2)c2ccccc2n1. The lowest BCUT2D eigenvalue weighted by molar-refractivity contribution is 0.141. The third-order valence-corrected chi connectivity index (χ3v) is 4.14. The molecule has 0 radical (unpaired) electrons. The van der Waals surface area contributed by atoms with Crippen LogP contribution in [0.4, 0.5) is 14.6 Å². The summed E-state index contributed by atoms with van der Waals surface area (Å²) in [5, 5.41) is 4.02. The van der Waals surface area contributed by atoms with Crippen LogP contribution in [0.25, 0.3) is 10.9 Å². The van der Waals surface area contributed by atoms with E-state index in [1.54, 1.807) is 12.1 Å². The van der Waals surface area contributed by atoms with Gasteiger partial charge in [-0.15, -0.1) is 0 Å². The van der Waals surface area contributed by atoms with Crippen molar-refractivity contribution in [2.75, 3.05) is 11.9 Å². The van der Waals surface area contributed by atoms with Crippen LogP contribution < -0.4 is 5.32 Å². The van der Waals surface area contributed by atoms with Gasteiger partial charge in [-0.2, -0.15) is 0 Å². The molecule has 1 N–H and O–H groups in total. The van der Waals surface area contributed by atoms with Crippen LogP contribution in [0.2, 0.25) is 0 Å². The number of nitrogens with one attached hydrogen (secondary N) is 1. The molecule has 1 aromatic carbocycles. The van der Waals surface area contributed by atoms with E-state index in [-0.39, 0.29) is 0 Å². The van der Waals surface area contributed by atoms with E-state index in [9.17, 15) is 8.78 Å². The fraction of sp³-hybridized carbons (Fsp3) is 0.500. The topological polar surface area (TPSA) is 37.8 Å². The molecule has 3 nitrogen and oxygen atoms in total. The highest BCUT2D eigenvalue weighted by atomic mass is 19.3. The van der Waals surface area contributed by atoms with E-state index >= 15 is 0 Å². The third kappa shape index (κ3) is 3.28. The van der Waals surface area contributed by atoms with Crippen LogP contribution in [-0.4, -0.2) is 16.5 Å². The van der Waals surface area contributed by atoms with Crippen molar-refractivity contribution in [1.29, 1.82) is 0 Å². The quantitative estimate of drug-likeness (QED) is 0.877. The average Bonchev–Trinajstić information content (AvgIpc) is 3.00. The first-order valence-electron chi connectivity index (χ1n) is 7.53. The van der Waals surface area contributed by atoms with Crippen LogP contribution in [-0.2, 0) is 0 Å². The Hall–Kier alpha value is -1.78. The largest absolute Gasteiger partial charge is 0.369 e. The Balaban J connectivity index is 1.78. The highest BCUT2D eigenvalue weighted by Gasteiger charge is 2.16. The maximum absolute atomic E-state index is 12.9. The number of anilines is 1. The summed E-state index contributed by atoms with van der Waals surface area (Å²) in [5.74, 6) is 0.881. The Morgan fingerprint density at radius 3 is 2.67 bits per heavy atom. The molecule has 1 heterocycles. The van der Waals surface area contributed by atoms with Gasteiger partial charge in [0.25, 0.3) is 6.43 Å². The van der Waals surface area contributed by atoms with E-state index in [1.165, 1.54) is 25.7 Å². The maximum Gasteiger partial charge on any atom is 0.297 e. The second-order valence-corrected chi connectivity index (χ2v) is 5.61. The lowest BCUT2D eigenvalue weighted by atomic mass is 10.0. The zero-order chi connectivity index (χ0) is 14.7. The molecule has 3 rings (SSSR count). The standard InChI is InChI=1S/C16H19F2N3/c17-14(18)16-20-13-8-4-3-7-12(13)15(21-16)19-10-9-11-5-1-2-6-11/h3-4,7-8,11,14H,1-2,5-6,9-10H2,(H,19,20,21). The molecule has 1 aliphatic carbocycles. The summed E-state index contributed by atoms with van der Waals surface area (Å²) in [6.45, 7) is 0.772. The lowest BCUT2D eigenvalue weighted by Crippen LogP contribution is -2.10. The molecule has 1 aliphatic rings. The fourth-order valence-corrected chi connectivity index (χ4v) is 3.02. The Labute approximate surface area is 122 Å². The van der Waals surface area contributed by atoms with Crippen LogP contribution in [0.1, 0.15) is 44.4 Å². The Morgan fingerprint density at radius 1 is 1.14 bits per heavy atom. The maximum atomic E-state index is 12.9. The first-order chi connectivity index (χ1) is 10.2. The minimum atomic E-state index is -2.65. The normalized spacial score (nSPS) is 16.0. The van der Waals surface area contributed by atoms with Gasteiger partial charge in [0.05, 0.1) is 5.52 Å². The van der Waals surface area contributed by atoms with Gasteiger partial charge in [-0.25, -0.2) is 18.7 Å². The average molecular weight is 291 g/mol. The summed E-state index contributed by atoms with van der Waals surface area (Å²) in [7, 11) is 0. The molecular formula is C16H19F2N3. The molecule has 0 atom stereocenters. The second-order valence-electron chi connectivity index (χ2n) is 5.61. The van der Waals surface area contributed by atoms with E-state index in [0.29, 0.717) is 11.3 Å². The van der Waals surface area contributed by atoms with E-state index in [2.05, 4.69) is 15.3 Å². The number of benzene rings is 1. The minimum Gasteiger partial charge on any atom is -0.369 e. The molecule has 0 spiro atoms. The summed E-state index contributed by atoms with van der Waals surface area (Å²) in [4.78, 5) is 7.91. The van der Waals surface area contributed by atoms with E-state index in [0.717, 1.165) is 24.3 Å². The molecule has 2 aromatic rings. The van der Waals surface area contributed by atoms with Crippen LogP contribution >= 0.6 is 0 Å². The third-order valence-electron chi connectivity index (χ3n) is 4.14. The molecule has 0 bridgehead atoms. The van der Waals surface area contributed by atoms with Gasteiger partial charge in [0.2, 0.25) is 0 Å². The number of halogens is 2. The van der Waals surface area contributed by atoms with E-state index in [1.807, 2.05) is 12.1 Å². The van der Waals surface area contributed by atoms with Crippen molar-refractivity contribution in [3.63, 3.8) is 0 Å². The van der Waals surface area contributed by atoms with Gasteiger partial charge in [-0.3, -0.25) is 0 Å². The van der Waals surface area contributed by atoms with Gasteiger partial charge in [0.15, 0.2) is 5.82 Å². The van der Waals surface area contributed by atoms with E-state index in [4.69, 9.17) is 0 Å². The van der Waals surface area contributed by atoms with Gasteiger partial charge in [0.1, 0.15) is 5.82 Å². The molecular weight excluding hydrogens is 272 g/mol. The number of alkyl halides is 2. The van der Waals surface area contributed by atoms with Crippen molar-refractivity contribution in [1.82, 2.24) is 9.97 Å². The monoisotopic (exact) mass is 291 g/mol. The molecule has 1 saturated carbocycles. The van der Waals surface area contributed by atoms with Crippen molar-refractivity contribution >= 4 is 16.7 Å². The highest BCUT2D eigenvalue weighted by Crippen LogP contribution is 2.28. The summed E-state index contributed by atoms with van der Waals surface area (Å²) in [5.41, 5.74) is 0.561. The number of para-hydroxylation sites is 1. The smallest absolute Gasteiger partial charge is 0.297 e. The molecule has 21 heavy (non-hydrogen) atoms. The molecule has 112 valence electrons. The highest BCUT2D eigenvalue weighted by molar-refractivity contribution is 5.88. The predicted octanol–water partition coefficient (Wildman–Crippen LogP) is 4.56. The molecule has 5 heteroatoms. The summed E-state index contributed by atoms with van der Waals surface area (Å²) in [6, 6.07) is 7.27. The minimum absolute atomic E-state index is 0.405. The summed E-state index contributed by atoms with van der Waals surface area (Å²) < 4.78 is 25.8. The van der Waals surface area contributed by atoms with E-state index < -0.39 is 12.2 Å². The number of fused-ring (bicyclic) bond motifs is 1. The summed E-state index contributed by atoms with van der Waals surface area (Å²) >= 11 is 0. The molecule has 0 amide bonds. The first-order valence-corrected chi connectivity index (χ1v) is 7.53. The number of rotatable bonds is 5. The van der Waals surface area contributed by atoms with Crippen LogP contribution in [0.3, 0.4) is 0 Å². The second kappa shape index (κ2) is 6.33.